The lowest BCUT2D eigenvalue weighted by atomic mass is 9.81. The van der Waals surface area contributed by atoms with Gasteiger partial charge >= 0.3 is 0 Å². The Hall–Kier alpha value is -2.44. The predicted molar refractivity (Wildman–Crippen MR) is 118 cm³/mol. The molecule has 1 N–H and O–H groups in total. The maximum Gasteiger partial charge on any atom is 0.254 e. The average molecular weight is 425 g/mol. The number of rotatable bonds is 6. The summed E-state index contributed by atoms with van der Waals surface area (Å²) in [6.07, 6.45) is 0. The number of fused-ring (bicyclic) bond motifs is 1. The maximum atomic E-state index is 13.5. The molecule has 0 saturated carbocycles. The molecule has 0 aliphatic carbocycles. The quantitative estimate of drug-likeness (QED) is 0.601. The van der Waals surface area contributed by atoms with Gasteiger partial charge in [-0.3, -0.25) is 9.59 Å². The van der Waals surface area contributed by atoms with Gasteiger partial charge in [0.05, 0.1) is 18.5 Å². The predicted octanol–water partition coefficient (Wildman–Crippen LogP) is 5.06. The SMILES string of the molecule is CC(C)CN1C(=O)c2ccccc2[C@@H](C(=O)NCc2cccs2)[C@H]1c1cccs1. The van der Waals surface area contributed by atoms with Crippen molar-refractivity contribution in [2.24, 2.45) is 5.92 Å². The van der Waals surface area contributed by atoms with Crippen LogP contribution in [-0.4, -0.2) is 23.3 Å². The standard InChI is InChI=1S/C23H24N2O2S2/c1-15(2)14-25-21(19-10-6-12-29-19)20(17-8-3-4-9-18(17)23(25)27)22(26)24-13-16-7-5-11-28-16/h3-12,15,20-21H,13-14H2,1-2H3,(H,24,26)/t20-,21-/m1/s1. The molecule has 150 valence electrons. The number of carbonyl (C=O) groups is 2. The van der Waals surface area contributed by atoms with Crippen molar-refractivity contribution < 1.29 is 9.59 Å². The first-order chi connectivity index (χ1) is 14.1. The van der Waals surface area contributed by atoms with Gasteiger partial charge in [0.15, 0.2) is 0 Å². The Morgan fingerprint density at radius 1 is 1.07 bits per heavy atom. The van der Waals surface area contributed by atoms with E-state index in [0.717, 1.165) is 15.3 Å². The minimum atomic E-state index is -0.429. The van der Waals surface area contributed by atoms with E-state index in [1.165, 1.54) is 0 Å². The molecule has 0 saturated heterocycles. The lowest BCUT2D eigenvalue weighted by Crippen LogP contribution is -2.48. The van der Waals surface area contributed by atoms with Crippen LogP contribution in [-0.2, 0) is 11.3 Å². The Kier molecular flexibility index (Phi) is 5.83. The summed E-state index contributed by atoms with van der Waals surface area (Å²) in [6.45, 7) is 5.32. The fraction of sp³-hybridized carbons (Fsp3) is 0.304. The van der Waals surface area contributed by atoms with Crippen molar-refractivity contribution in [3.63, 3.8) is 0 Å². The van der Waals surface area contributed by atoms with Gasteiger partial charge in [0.2, 0.25) is 5.91 Å². The number of hydrogen-bond acceptors (Lipinski definition) is 4. The average Bonchev–Trinajstić information content (AvgIpc) is 3.42. The van der Waals surface area contributed by atoms with Crippen LogP contribution in [0.5, 0.6) is 0 Å². The van der Waals surface area contributed by atoms with E-state index in [4.69, 9.17) is 0 Å². The monoisotopic (exact) mass is 424 g/mol. The van der Waals surface area contributed by atoms with Crippen LogP contribution in [0, 0.1) is 5.92 Å². The number of amides is 2. The molecule has 0 fully saturated rings. The van der Waals surface area contributed by atoms with Crippen LogP contribution in [0.2, 0.25) is 0 Å². The summed E-state index contributed by atoms with van der Waals surface area (Å²) in [5.41, 5.74) is 1.46. The first-order valence-electron chi connectivity index (χ1n) is 9.79. The molecule has 6 heteroatoms. The molecule has 3 aromatic rings. The van der Waals surface area contributed by atoms with Crippen molar-refractivity contribution in [1.82, 2.24) is 10.2 Å². The Bertz CT molecular complexity index is 980. The zero-order valence-corrected chi connectivity index (χ0v) is 18.1. The molecule has 0 radical (unpaired) electrons. The highest BCUT2D eigenvalue weighted by atomic mass is 32.1. The van der Waals surface area contributed by atoms with Crippen molar-refractivity contribution in [3.8, 4) is 0 Å². The second-order valence-corrected chi connectivity index (χ2v) is 9.69. The Labute approximate surface area is 179 Å². The summed E-state index contributed by atoms with van der Waals surface area (Å²) in [5.74, 6) is -0.150. The molecule has 1 aromatic carbocycles. The van der Waals surface area contributed by atoms with Gasteiger partial charge in [0.25, 0.3) is 5.91 Å². The van der Waals surface area contributed by atoms with Crippen molar-refractivity contribution in [1.29, 1.82) is 0 Å². The van der Waals surface area contributed by atoms with Crippen LogP contribution >= 0.6 is 22.7 Å². The van der Waals surface area contributed by atoms with Crippen LogP contribution in [0.25, 0.3) is 0 Å². The van der Waals surface area contributed by atoms with Gasteiger partial charge < -0.3 is 10.2 Å². The Balaban J connectivity index is 1.76. The highest BCUT2D eigenvalue weighted by molar-refractivity contribution is 7.10. The highest BCUT2D eigenvalue weighted by Gasteiger charge is 2.44. The van der Waals surface area contributed by atoms with Gasteiger partial charge in [0, 0.05) is 21.9 Å². The zero-order chi connectivity index (χ0) is 20.4. The third-order valence-corrected chi connectivity index (χ3v) is 6.95. The third-order valence-electron chi connectivity index (χ3n) is 5.13. The molecule has 4 nitrogen and oxygen atoms in total. The molecule has 2 atom stereocenters. The van der Waals surface area contributed by atoms with E-state index in [1.807, 2.05) is 64.2 Å². The minimum absolute atomic E-state index is 0.00927. The van der Waals surface area contributed by atoms with Gasteiger partial charge in [-0.1, -0.05) is 44.2 Å². The number of nitrogens with zero attached hydrogens (tertiary/aromatic N) is 1. The molecule has 2 amide bonds. The van der Waals surface area contributed by atoms with E-state index in [1.54, 1.807) is 22.7 Å². The molecule has 29 heavy (non-hydrogen) atoms. The molecule has 1 aliphatic heterocycles. The smallest absolute Gasteiger partial charge is 0.254 e. The van der Waals surface area contributed by atoms with E-state index in [9.17, 15) is 9.59 Å². The fourth-order valence-corrected chi connectivity index (χ4v) is 5.46. The van der Waals surface area contributed by atoms with Gasteiger partial charge in [-0.25, -0.2) is 0 Å². The van der Waals surface area contributed by atoms with Gasteiger partial charge in [-0.05, 0) is 40.4 Å². The van der Waals surface area contributed by atoms with Gasteiger partial charge in [0.1, 0.15) is 0 Å². The molecule has 0 bridgehead atoms. The summed E-state index contributed by atoms with van der Waals surface area (Å²) in [5, 5.41) is 7.13. The molecule has 4 rings (SSSR count). The second-order valence-electron chi connectivity index (χ2n) is 7.67. The maximum absolute atomic E-state index is 13.5. The normalized spacial score (nSPS) is 18.7. The summed E-state index contributed by atoms with van der Waals surface area (Å²) in [7, 11) is 0. The van der Waals surface area contributed by atoms with Crippen LogP contribution in [0.15, 0.2) is 59.3 Å². The molecule has 3 heterocycles. The van der Waals surface area contributed by atoms with E-state index in [2.05, 4.69) is 19.2 Å². The van der Waals surface area contributed by atoms with E-state index >= 15 is 0 Å². The van der Waals surface area contributed by atoms with Crippen molar-refractivity contribution in [2.75, 3.05) is 6.54 Å². The molecular weight excluding hydrogens is 400 g/mol. The number of nitrogens with one attached hydrogen (secondary N) is 1. The van der Waals surface area contributed by atoms with Gasteiger partial charge in [-0.2, -0.15) is 0 Å². The lowest BCUT2D eigenvalue weighted by molar-refractivity contribution is -0.124. The summed E-state index contributed by atoms with van der Waals surface area (Å²) < 4.78 is 0. The summed E-state index contributed by atoms with van der Waals surface area (Å²) in [4.78, 5) is 30.9. The Morgan fingerprint density at radius 2 is 1.83 bits per heavy atom. The van der Waals surface area contributed by atoms with E-state index < -0.39 is 5.92 Å². The molecule has 2 aromatic heterocycles. The zero-order valence-electron chi connectivity index (χ0n) is 16.5. The summed E-state index contributed by atoms with van der Waals surface area (Å²) >= 11 is 3.23. The number of thiophene rings is 2. The van der Waals surface area contributed by atoms with Crippen molar-refractivity contribution >= 4 is 34.5 Å². The number of hydrogen-bond donors (Lipinski definition) is 1. The fourth-order valence-electron chi connectivity index (χ4n) is 3.94. The molecule has 1 aliphatic rings. The summed E-state index contributed by atoms with van der Waals surface area (Å²) in [6, 6.07) is 15.3. The molecule has 0 unspecified atom stereocenters. The van der Waals surface area contributed by atoms with E-state index in [0.29, 0.717) is 24.6 Å². The first kappa shape index (κ1) is 19.9. The van der Waals surface area contributed by atoms with E-state index in [-0.39, 0.29) is 17.9 Å². The topological polar surface area (TPSA) is 49.4 Å². The van der Waals surface area contributed by atoms with Gasteiger partial charge in [-0.15, -0.1) is 22.7 Å². The van der Waals surface area contributed by atoms with Crippen molar-refractivity contribution in [3.05, 3.63) is 80.2 Å². The van der Waals surface area contributed by atoms with Crippen LogP contribution in [0.4, 0.5) is 0 Å². The molecule has 0 spiro atoms. The minimum Gasteiger partial charge on any atom is -0.351 e. The second kappa shape index (κ2) is 8.51. The molecular formula is C23H24N2O2S2. The number of carbonyl (C=O) groups excluding carboxylic acids is 2. The Morgan fingerprint density at radius 3 is 2.52 bits per heavy atom. The van der Waals surface area contributed by atoms with Crippen LogP contribution in [0.1, 0.15) is 51.5 Å². The largest absolute Gasteiger partial charge is 0.351 e. The van der Waals surface area contributed by atoms with Crippen LogP contribution < -0.4 is 5.32 Å². The first-order valence-corrected chi connectivity index (χ1v) is 11.6. The van der Waals surface area contributed by atoms with Crippen LogP contribution in [0.3, 0.4) is 0 Å². The highest BCUT2D eigenvalue weighted by Crippen LogP contribution is 2.44. The third kappa shape index (κ3) is 4.00. The van der Waals surface area contributed by atoms with Crippen molar-refractivity contribution in [2.45, 2.75) is 32.4 Å². The number of benzene rings is 1. The lowest BCUT2D eigenvalue weighted by Gasteiger charge is -2.42.